The van der Waals surface area contributed by atoms with Crippen LogP contribution in [0.4, 0.5) is 11.6 Å². The molecule has 1 aromatic heterocycles. The summed E-state index contributed by atoms with van der Waals surface area (Å²) in [5.74, 6) is 0.818. The van der Waals surface area contributed by atoms with Crippen molar-refractivity contribution in [3.8, 4) is 5.69 Å². The van der Waals surface area contributed by atoms with Gasteiger partial charge in [0.25, 0.3) is 0 Å². The second kappa shape index (κ2) is 6.14. The fourth-order valence-corrected chi connectivity index (χ4v) is 2.70. The van der Waals surface area contributed by atoms with Gasteiger partial charge in [0, 0.05) is 28.2 Å². The molecular formula is C17H16BrN3. The largest absolute Gasteiger partial charge is 0.325 e. The minimum Gasteiger partial charge on any atom is -0.325 e. The highest BCUT2D eigenvalue weighted by Gasteiger charge is 2.07. The van der Waals surface area contributed by atoms with Gasteiger partial charge < -0.3 is 5.32 Å². The Hall–Kier alpha value is -2.07. The number of benzene rings is 2. The monoisotopic (exact) mass is 341 g/mol. The minimum absolute atomic E-state index is 0.818. The first-order chi connectivity index (χ1) is 10.3. The molecule has 0 aliphatic rings. The number of hydrogen-bond acceptors (Lipinski definition) is 2. The second-order valence-electron chi connectivity index (χ2n) is 4.74. The maximum absolute atomic E-state index is 4.43. The van der Waals surface area contributed by atoms with E-state index in [0.29, 0.717) is 0 Å². The quantitative estimate of drug-likeness (QED) is 0.728. The van der Waals surface area contributed by atoms with E-state index in [0.717, 1.165) is 28.2 Å². The van der Waals surface area contributed by atoms with E-state index in [9.17, 15) is 0 Å². The predicted molar refractivity (Wildman–Crippen MR) is 90.4 cm³/mol. The van der Waals surface area contributed by atoms with E-state index in [4.69, 9.17) is 0 Å². The third kappa shape index (κ3) is 3.00. The number of anilines is 2. The molecule has 0 fully saturated rings. The van der Waals surface area contributed by atoms with E-state index in [1.807, 2.05) is 35.0 Å². The number of halogens is 1. The van der Waals surface area contributed by atoms with Crippen LogP contribution in [0.2, 0.25) is 0 Å². The lowest BCUT2D eigenvalue weighted by Gasteiger charge is -2.13. The Balaban J connectivity index is 1.95. The Bertz CT molecular complexity index is 735. The van der Waals surface area contributed by atoms with Crippen LogP contribution in [0.3, 0.4) is 0 Å². The number of aromatic nitrogens is 2. The molecule has 0 saturated heterocycles. The van der Waals surface area contributed by atoms with E-state index in [1.165, 1.54) is 5.56 Å². The van der Waals surface area contributed by atoms with E-state index >= 15 is 0 Å². The molecule has 106 valence electrons. The molecule has 0 atom stereocenters. The molecule has 0 bridgehead atoms. The highest BCUT2D eigenvalue weighted by atomic mass is 79.9. The van der Waals surface area contributed by atoms with Gasteiger partial charge in [0.15, 0.2) is 0 Å². The topological polar surface area (TPSA) is 29.9 Å². The molecular weight excluding hydrogens is 326 g/mol. The first kappa shape index (κ1) is 13.9. The van der Waals surface area contributed by atoms with Crippen LogP contribution < -0.4 is 5.32 Å². The molecule has 0 radical (unpaired) electrons. The first-order valence-corrected chi connectivity index (χ1v) is 7.71. The first-order valence-electron chi connectivity index (χ1n) is 6.92. The van der Waals surface area contributed by atoms with E-state index in [-0.39, 0.29) is 0 Å². The number of rotatable bonds is 4. The van der Waals surface area contributed by atoms with Crippen molar-refractivity contribution in [2.45, 2.75) is 13.3 Å². The van der Waals surface area contributed by atoms with Crippen molar-refractivity contribution < 1.29 is 0 Å². The highest BCUT2D eigenvalue weighted by molar-refractivity contribution is 9.10. The maximum atomic E-state index is 4.43. The fraction of sp³-hybridized carbons (Fsp3) is 0.118. The number of imidazole rings is 1. The van der Waals surface area contributed by atoms with Gasteiger partial charge in [0.2, 0.25) is 5.95 Å². The van der Waals surface area contributed by atoms with Crippen LogP contribution in [-0.2, 0) is 6.42 Å². The van der Waals surface area contributed by atoms with Gasteiger partial charge in [-0.15, -0.1) is 0 Å². The standard InChI is InChI=1S/C17H16BrN3/c1-2-13-12-14(18)8-9-16(13)20-17-19-10-11-21(17)15-6-4-3-5-7-15/h3-12H,2H2,1H3,(H,19,20). The molecule has 0 saturated carbocycles. The molecule has 0 aliphatic heterocycles. The van der Waals surface area contributed by atoms with Gasteiger partial charge in [-0.25, -0.2) is 4.98 Å². The molecule has 0 unspecified atom stereocenters. The zero-order chi connectivity index (χ0) is 14.7. The van der Waals surface area contributed by atoms with Crippen molar-refractivity contribution in [1.82, 2.24) is 9.55 Å². The van der Waals surface area contributed by atoms with Gasteiger partial charge in [-0.2, -0.15) is 0 Å². The number of nitrogens with zero attached hydrogens (tertiary/aromatic N) is 2. The summed E-state index contributed by atoms with van der Waals surface area (Å²) in [6, 6.07) is 16.4. The third-order valence-corrected chi connectivity index (χ3v) is 3.86. The van der Waals surface area contributed by atoms with E-state index < -0.39 is 0 Å². The van der Waals surface area contributed by atoms with Crippen molar-refractivity contribution >= 4 is 27.6 Å². The SMILES string of the molecule is CCc1cc(Br)ccc1Nc1nccn1-c1ccccc1. The molecule has 2 aromatic carbocycles. The fourth-order valence-electron chi connectivity index (χ4n) is 2.29. The Kier molecular flexibility index (Phi) is 4.06. The van der Waals surface area contributed by atoms with Gasteiger partial charge in [-0.1, -0.05) is 41.1 Å². The van der Waals surface area contributed by atoms with Crippen LogP contribution >= 0.6 is 15.9 Å². The van der Waals surface area contributed by atoms with E-state index in [1.54, 1.807) is 6.20 Å². The van der Waals surface area contributed by atoms with Crippen LogP contribution in [0.5, 0.6) is 0 Å². The normalized spacial score (nSPS) is 10.6. The molecule has 3 rings (SSSR count). The van der Waals surface area contributed by atoms with Gasteiger partial charge in [0.1, 0.15) is 0 Å². The average Bonchev–Trinajstić information content (AvgIpc) is 2.98. The average molecular weight is 342 g/mol. The molecule has 21 heavy (non-hydrogen) atoms. The van der Waals surface area contributed by atoms with Crippen LogP contribution in [-0.4, -0.2) is 9.55 Å². The summed E-state index contributed by atoms with van der Waals surface area (Å²) >= 11 is 3.52. The molecule has 3 aromatic rings. The summed E-state index contributed by atoms with van der Waals surface area (Å²) in [4.78, 5) is 4.43. The van der Waals surface area contributed by atoms with Crippen LogP contribution in [0.1, 0.15) is 12.5 Å². The van der Waals surface area contributed by atoms with Crippen LogP contribution in [0, 0.1) is 0 Å². The van der Waals surface area contributed by atoms with Gasteiger partial charge >= 0.3 is 0 Å². The molecule has 0 spiro atoms. The lowest BCUT2D eigenvalue weighted by molar-refractivity contribution is 1.06. The van der Waals surface area contributed by atoms with Crippen LogP contribution in [0.15, 0.2) is 65.4 Å². The van der Waals surface area contributed by atoms with E-state index in [2.05, 4.69) is 57.4 Å². The molecule has 3 nitrogen and oxygen atoms in total. The lowest BCUT2D eigenvalue weighted by atomic mass is 10.1. The van der Waals surface area contributed by atoms with Crippen molar-refractivity contribution in [2.24, 2.45) is 0 Å². The number of hydrogen-bond donors (Lipinski definition) is 1. The zero-order valence-electron chi connectivity index (χ0n) is 11.8. The second-order valence-corrected chi connectivity index (χ2v) is 5.65. The summed E-state index contributed by atoms with van der Waals surface area (Å²) in [6.45, 7) is 2.15. The zero-order valence-corrected chi connectivity index (χ0v) is 13.3. The summed E-state index contributed by atoms with van der Waals surface area (Å²) < 4.78 is 3.14. The smallest absolute Gasteiger partial charge is 0.212 e. The Morgan fingerprint density at radius 2 is 1.95 bits per heavy atom. The number of para-hydroxylation sites is 1. The molecule has 1 heterocycles. The molecule has 0 amide bonds. The van der Waals surface area contributed by atoms with Crippen molar-refractivity contribution in [3.63, 3.8) is 0 Å². The Morgan fingerprint density at radius 3 is 2.71 bits per heavy atom. The van der Waals surface area contributed by atoms with Crippen molar-refractivity contribution in [3.05, 3.63) is 71.0 Å². The van der Waals surface area contributed by atoms with Gasteiger partial charge in [0.05, 0.1) is 0 Å². The molecule has 1 N–H and O–H groups in total. The molecule has 4 heteroatoms. The molecule has 0 aliphatic carbocycles. The summed E-state index contributed by atoms with van der Waals surface area (Å²) in [6.07, 6.45) is 4.73. The summed E-state index contributed by atoms with van der Waals surface area (Å²) in [7, 11) is 0. The van der Waals surface area contributed by atoms with Gasteiger partial charge in [-0.05, 0) is 42.3 Å². The highest BCUT2D eigenvalue weighted by Crippen LogP contribution is 2.25. The minimum atomic E-state index is 0.818. The van der Waals surface area contributed by atoms with Crippen LogP contribution in [0.25, 0.3) is 5.69 Å². The third-order valence-electron chi connectivity index (χ3n) is 3.37. The number of nitrogens with one attached hydrogen (secondary N) is 1. The van der Waals surface area contributed by atoms with Gasteiger partial charge in [-0.3, -0.25) is 4.57 Å². The number of aryl methyl sites for hydroxylation is 1. The predicted octanol–water partition coefficient (Wildman–Crippen LogP) is 4.94. The maximum Gasteiger partial charge on any atom is 0.212 e. The summed E-state index contributed by atoms with van der Waals surface area (Å²) in [5.41, 5.74) is 3.43. The van der Waals surface area contributed by atoms with Crippen molar-refractivity contribution in [1.29, 1.82) is 0 Å². The lowest BCUT2D eigenvalue weighted by Crippen LogP contribution is -2.03. The summed E-state index contributed by atoms with van der Waals surface area (Å²) in [5, 5.41) is 3.43. The Labute approximate surface area is 132 Å². The van der Waals surface area contributed by atoms with Crippen molar-refractivity contribution in [2.75, 3.05) is 5.32 Å². The Morgan fingerprint density at radius 1 is 1.14 bits per heavy atom.